The molecule has 0 bridgehead atoms. The molecule has 0 N–H and O–H groups in total. The zero-order valence-electron chi connectivity index (χ0n) is 12.1. The summed E-state index contributed by atoms with van der Waals surface area (Å²) in [6.07, 6.45) is 9.53. The van der Waals surface area contributed by atoms with E-state index in [9.17, 15) is 0 Å². The van der Waals surface area contributed by atoms with E-state index in [1.165, 1.54) is 6.26 Å². The van der Waals surface area contributed by atoms with Crippen LogP contribution in [0.2, 0.25) is 0 Å². The molecule has 0 radical (unpaired) electrons. The molecular formula is C17H12N4O2. The van der Waals surface area contributed by atoms with Crippen molar-refractivity contribution in [2.24, 2.45) is 15.2 Å². The Bertz CT molecular complexity index is 915. The van der Waals surface area contributed by atoms with Crippen molar-refractivity contribution < 1.29 is 9.47 Å². The maximum Gasteiger partial charge on any atom is 0.172 e. The first-order chi connectivity index (χ1) is 11.4. The van der Waals surface area contributed by atoms with E-state index in [1.807, 2.05) is 30.3 Å². The summed E-state index contributed by atoms with van der Waals surface area (Å²) in [5.41, 5.74) is 1.26. The molecule has 0 atom stereocenters. The van der Waals surface area contributed by atoms with E-state index in [0.29, 0.717) is 17.9 Å². The fraction of sp³-hybridized carbons (Fsp3) is 0.0588. The number of allylic oxidation sites excluding steroid dienone is 2. The number of nitriles is 1. The average molecular weight is 304 g/mol. The summed E-state index contributed by atoms with van der Waals surface area (Å²) in [4.78, 5) is 4.09. The van der Waals surface area contributed by atoms with Gasteiger partial charge in [0.05, 0.1) is 12.5 Å². The lowest BCUT2D eigenvalue weighted by Gasteiger charge is -1.98. The predicted octanol–water partition coefficient (Wildman–Crippen LogP) is 1.88. The molecule has 0 amide bonds. The smallest absolute Gasteiger partial charge is 0.172 e. The van der Waals surface area contributed by atoms with Gasteiger partial charge in [-0.2, -0.15) is 5.26 Å². The summed E-state index contributed by atoms with van der Waals surface area (Å²) in [7, 11) is 0. The summed E-state index contributed by atoms with van der Waals surface area (Å²) in [6.45, 7) is 0.334. The Hall–Kier alpha value is -3.46. The Labute approximate surface area is 132 Å². The SMILES string of the molecule is N#CC1=C2/C=C\N=CCO/C=c3/cccc/c3=C/O/C=C\2N=N1. The number of hydrogen-bond donors (Lipinski definition) is 0. The number of ether oxygens (including phenoxy) is 2. The highest BCUT2D eigenvalue weighted by Gasteiger charge is 2.15. The van der Waals surface area contributed by atoms with Crippen molar-refractivity contribution in [1.82, 2.24) is 0 Å². The molecular weight excluding hydrogens is 292 g/mol. The van der Waals surface area contributed by atoms with Crippen molar-refractivity contribution in [3.63, 3.8) is 0 Å². The van der Waals surface area contributed by atoms with Crippen LogP contribution in [0, 0.1) is 11.3 Å². The first kappa shape index (κ1) is 14.5. The van der Waals surface area contributed by atoms with E-state index >= 15 is 0 Å². The van der Waals surface area contributed by atoms with E-state index < -0.39 is 0 Å². The highest BCUT2D eigenvalue weighted by molar-refractivity contribution is 5.60. The molecule has 0 spiro atoms. The van der Waals surface area contributed by atoms with Crippen molar-refractivity contribution >= 4 is 18.7 Å². The number of benzene rings is 1. The van der Waals surface area contributed by atoms with E-state index in [1.54, 1.807) is 31.0 Å². The van der Waals surface area contributed by atoms with Crippen LogP contribution in [0.15, 0.2) is 75.0 Å². The van der Waals surface area contributed by atoms with Gasteiger partial charge in [0.25, 0.3) is 0 Å². The van der Waals surface area contributed by atoms with Crippen LogP contribution in [0.4, 0.5) is 0 Å². The van der Waals surface area contributed by atoms with Crippen LogP contribution in [0.5, 0.6) is 0 Å². The molecule has 0 aromatic heterocycles. The average Bonchev–Trinajstić information content (AvgIpc) is 2.97. The van der Waals surface area contributed by atoms with Gasteiger partial charge in [0.2, 0.25) is 0 Å². The third-order valence-electron chi connectivity index (χ3n) is 3.08. The van der Waals surface area contributed by atoms with Gasteiger partial charge in [0.15, 0.2) is 5.70 Å². The maximum absolute atomic E-state index is 9.07. The van der Waals surface area contributed by atoms with Gasteiger partial charge >= 0.3 is 0 Å². The topological polar surface area (TPSA) is 79.3 Å². The molecule has 1 aromatic rings. The Kier molecular flexibility index (Phi) is 4.41. The summed E-state index contributed by atoms with van der Waals surface area (Å²) in [5, 5.41) is 18.6. The second kappa shape index (κ2) is 7.00. The van der Waals surface area contributed by atoms with E-state index in [2.05, 4.69) is 15.2 Å². The summed E-state index contributed by atoms with van der Waals surface area (Å²) in [6, 6.07) is 9.63. The largest absolute Gasteiger partial charge is 0.495 e. The molecule has 0 fully saturated rings. The Balaban J connectivity index is 2.05. The standard InChI is InChI=1S/C17H12N4O2/c18-9-16-15-5-6-19-7-8-22-10-13-3-1-2-4-14(13)11-23-12-17(15)21-20-16/h1-7,10-12H,8H2/b6-5-,13-10-,14-11-,17-12+,19-7?. The molecule has 3 rings (SSSR count). The predicted molar refractivity (Wildman–Crippen MR) is 84.9 cm³/mol. The zero-order valence-corrected chi connectivity index (χ0v) is 12.1. The molecule has 2 aliphatic heterocycles. The van der Waals surface area contributed by atoms with Gasteiger partial charge in [-0.25, -0.2) is 0 Å². The molecule has 0 aliphatic carbocycles. The van der Waals surface area contributed by atoms with Crippen LogP contribution in [0.3, 0.4) is 0 Å². The fourth-order valence-electron chi connectivity index (χ4n) is 1.97. The van der Waals surface area contributed by atoms with Gasteiger partial charge in [0.1, 0.15) is 24.6 Å². The van der Waals surface area contributed by atoms with Gasteiger partial charge in [-0.05, 0) is 6.08 Å². The quantitative estimate of drug-likeness (QED) is 0.734. The van der Waals surface area contributed by atoms with Gasteiger partial charge in [-0.1, -0.05) is 24.3 Å². The molecule has 2 heterocycles. The van der Waals surface area contributed by atoms with E-state index in [0.717, 1.165) is 10.4 Å². The van der Waals surface area contributed by atoms with Crippen LogP contribution in [0.25, 0.3) is 12.5 Å². The van der Waals surface area contributed by atoms with Crippen LogP contribution in [0.1, 0.15) is 0 Å². The number of fused-ring (bicyclic) bond motifs is 2. The molecule has 0 unspecified atom stereocenters. The van der Waals surface area contributed by atoms with Crippen molar-refractivity contribution in [1.29, 1.82) is 5.26 Å². The lowest BCUT2D eigenvalue weighted by molar-refractivity contribution is 0.356. The van der Waals surface area contributed by atoms with Gasteiger partial charge < -0.3 is 9.47 Å². The van der Waals surface area contributed by atoms with Crippen LogP contribution >= 0.6 is 0 Å². The van der Waals surface area contributed by atoms with Crippen molar-refractivity contribution in [2.75, 3.05) is 6.61 Å². The molecule has 6 nitrogen and oxygen atoms in total. The molecule has 0 saturated carbocycles. The van der Waals surface area contributed by atoms with Gasteiger partial charge in [-0.15, -0.1) is 10.2 Å². The zero-order chi connectivity index (χ0) is 15.9. The van der Waals surface area contributed by atoms with Crippen LogP contribution in [-0.2, 0) is 9.47 Å². The Morgan fingerprint density at radius 2 is 1.87 bits per heavy atom. The van der Waals surface area contributed by atoms with E-state index in [-0.39, 0.29) is 5.70 Å². The summed E-state index contributed by atoms with van der Waals surface area (Å²) in [5.74, 6) is 0. The van der Waals surface area contributed by atoms with Crippen LogP contribution < -0.4 is 10.4 Å². The van der Waals surface area contributed by atoms with Gasteiger partial charge in [0, 0.05) is 28.4 Å². The minimum atomic E-state index is 0.225. The second-order valence-electron chi connectivity index (χ2n) is 4.56. The second-order valence-corrected chi connectivity index (χ2v) is 4.56. The summed E-state index contributed by atoms with van der Waals surface area (Å²) < 4.78 is 10.9. The molecule has 2 aliphatic rings. The van der Waals surface area contributed by atoms with Crippen LogP contribution in [-0.4, -0.2) is 12.8 Å². The molecule has 1 aromatic carbocycles. The maximum atomic E-state index is 9.07. The first-order valence-corrected chi connectivity index (χ1v) is 6.86. The lowest BCUT2D eigenvalue weighted by atomic mass is 10.2. The molecule has 6 heteroatoms. The third-order valence-corrected chi connectivity index (χ3v) is 3.08. The normalized spacial score (nSPS) is 23.2. The lowest BCUT2D eigenvalue weighted by Crippen LogP contribution is -2.24. The molecule has 112 valence electrons. The minimum Gasteiger partial charge on any atom is -0.495 e. The monoisotopic (exact) mass is 304 g/mol. The highest BCUT2D eigenvalue weighted by atomic mass is 16.5. The summed E-state index contributed by atoms with van der Waals surface area (Å²) >= 11 is 0. The Morgan fingerprint density at radius 1 is 1.04 bits per heavy atom. The molecule has 0 saturated heterocycles. The first-order valence-electron chi connectivity index (χ1n) is 6.86. The minimum absolute atomic E-state index is 0.225. The third kappa shape index (κ3) is 3.41. The highest BCUT2D eigenvalue weighted by Crippen LogP contribution is 2.26. The number of hydrogen-bond acceptors (Lipinski definition) is 6. The number of nitrogens with zero attached hydrogens (tertiary/aromatic N) is 4. The van der Waals surface area contributed by atoms with E-state index in [4.69, 9.17) is 14.7 Å². The van der Waals surface area contributed by atoms with Crippen molar-refractivity contribution in [2.45, 2.75) is 0 Å². The number of aliphatic imine (C=N–C) groups is 1. The van der Waals surface area contributed by atoms with Crippen molar-refractivity contribution in [3.8, 4) is 6.07 Å². The van der Waals surface area contributed by atoms with Gasteiger partial charge in [-0.3, -0.25) is 4.99 Å². The van der Waals surface area contributed by atoms with Crippen molar-refractivity contribution in [3.05, 3.63) is 70.2 Å². The number of azo groups is 1. The fourth-order valence-corrected chi connectivity index (χ4v) is 1.97. The molecule has 23 heavy (non-hydrogen) atoms. The number of rotatable bonds is 0. The Morgan fingerprint density at radius 3 is 2.70 bits per heavy atom.